The lowest BCUT2D eigenvalue weighted by Crippen LogP contribution is -2.39. The number of nitrogens with one attached hydrogen (secondary N) is 1. The summed E-state index contributed by atoms with van der Waals surface area (Å²) >= 11 is 0. The number of carboxylic acid groups (broad SMARTS) is 1. The fraction of sp³-hybridized carbons (Fsp3) is 0.667. The van der Waals surface area contributed by atoms with E-state index in [-0.39, 0.29) is 6.04 Å². The Kier molecular flexibility index (Phi) is 5.19. The van der Waals surface area contributed by atoms with Crippen LogP contribution in [0.1, 0.15) is 61.6 Å². The summed E-state index contributed by atoms with van der Waals surface area (Å²) < 4.78 is 40.6. The second-order valence-corrected chi connectivity index (χ2v) is 6.30. The number of nitrogens with zero attached hydrogens (tertiary/aromatic N) is 2. The molecule has 1 aliphatic carbocycles. The van der Waals surface area contributed by atoms with Crippen LogP contribution in [0.5, 0.6) is 0 Å². The molecule has 6 nitrogen and oxygen atoms in total. The Morgan fingerprint density at radius 2 is 1.88 bits per heavy atom. The van der Waals surface area contributed by atoms with Crippen LogP contribution in [-0.4, -0.2) is 32.8 Å². The first-order chi connectivity index (χ1) is 11.1. The first-order valence-corrected chi connectivity index (χ1v) is 7.79. The molecule has 0 atom stereocenters. The molecule has 1 heterocycles. The van der Waals surface area contributed by atoms with Crippen LogP contribution in [-0.2, 0) is 11.0 Å². The molecule has 1 aliphatic rings. The molecule has 2 rings (SSSR count). The van der Waals surface area contributed by atoms with Gasteiger partial charge in [-0.1, -0.05) is 0 Å². The zero-order chi connectivity index (χ0) is 18.1. The Morgan fingerprint density at radius 3 is 2.33 bits per heavy atom. The maximum Gasteiger partial charge on any atom is 0.433 e. The van der Waals surface area contributed by atoms with Crippen molar-refractivity contribution in [2.45, 2.75) is 57.8 Å². The second-order valence-electron chi connectivity index (χ2n) is 6.30. The molecule has 0 unspecified atom stereocenters. The van der Waals surface area contributed by atoms with E-state index >= 15 is 0 Å². The molecule has 24 heavy (non-hydrogen) atoms. The summed E-state index contributed by atoms with van der Waals surface area (Å²) in [6.07, 6.45) is -2.09. The van der Waals surface area contributed by atoms with E-state index < -0.39 is 41.3 Å². The van der Waals surface area contributed by atoms with Crippen LogP contribution in [0.4, 0.5) is 13.2 Å². The highest BCUT2D eigenvalue weighted by molar-refractivity contribution is 5.95. The van der Waals surface area contributed by atoms with Gasteiger partial charge in [-0.25, -0.2) is 0 Å². The maximum atomic E-state index is 13.3. The molecule has 0 spiro atoms. The van der Waals surface area contributed by atoms with Gasteiger partial charge in [-0.05, 0) is 39.5 Å². The van der Waals surface area contributed by atoms with Gasteiger partial charge in [-0.15, -0.1) is 0 Å². The van der Waals surface area contributed by atoms with Gasteiger partial charge in [0.1, 0.15) is 0 Å². The maximum absolute atomic E-state index is 13.3. The van der Waals surface area contributed by atoms with E-state index in [0.29, 0.717) is 25.7 Å². The summed E-state index contributed by atoms with van der Waals surface area (Å²) in [7, 11) is 0. The van der Waals surface area contributed by atoms with Crippen LogP contribution >= 0.6 is 0 Å². The summed E-state index contributed by atoms with van der Waals surface area (Å²) in [4.78, 5) is 23.2. The molecular formula is C15H20F3N3O3. The molecule has 0 aliphatic heterocycles. The predicted molar refractivity (Wildman–Crippen MR) is 78.5 cm³/mol. The van der Waals surface area contributed by atoms with Crippen molar-refractivity contribution in [3.63, 3.8) is 0 Å². The summed E-state index contributed by atoms with van der Waals surface area (Å²) in [5.41, 5.74) is -1.56. The van der Waals surface area contributed by atoms with Crippen molar-refractivity contribution in [2.24, 2.45) is 5.92 Å². The molecule has 1 saturated carbocycles. The van der Waals surface area contributed by atoms with Crippen LogP contribution in [0.3, 0.4) is 0 Å². The molecular weight excluding hydrogens is 327 g/mol. The first kappa shape index (κ1) is 18.3. The third-order valence-corrected chi connectivity index (χ3v) is 4.21. The topological polar surface area (TPSA) is 84.2 Å². The van der Waals surface area contributed by atoms with Gasteiger partial charge in [0.2, 0.25) is 0 Å². The molecule has 1 aromatic heterocycles. The van der Waals surface area contributed by atoms with E-state index in [0.717, 1.165) is 10.9 Å². The normalized spacial score (nSPS) is 21.8. The number of carboxylic acids is 1. The zero-order valence-electron chi connectivity index (χ0n) is 13.4. The number of carbonyl (C=O) groups excluding carboxylic acids is 1. The van der Waals surface area contributed by atoms with Gasteiger partial charge in [0.25, 0.3) is 5.91 Å². The van der Waals surface area contributed by atoms with Gasteiger partial charge in [0.05, 0.1) is 17.7 Å². The Bertz CT molecular complexity index is 617. The Labute approximate surface area is 137 Å². The third kappa shape index (κ3) is 3.88. The minimum atomic E-state index is -4.69. The third-order valence-electron chi connectivity index (χ3n) is 4.21. The van der Waals surface area contributed by atoms with Crippen molar-refractivity contribution in [1.82, 2.24) is 15.1 Å². The minimum Gasteiger partial charge on any atom is -0.481 e. The van der Waals surface area contributed by atoms with E-state index in [1.807, 2.05) is 0 Å². The minimum absolute atomic E-state index is 0.323. The number of rotatable bonds is 4. The van der Waals surface area contributed by atoms with Gasteiger partial charge < -0.3 is 10.4 Å². The summed E-state index contributed by atoms with van der Waals surface area (Å²) in [6, 6.07) is -0.856. The standard InChI is InChI=1S/C15H20F3N3O3/c1-8(2)21-12(15(16,17)18)11(7-19-21)13(22)20-10-5-3-9(4-6-10)14(23)24/h7-10H,3-6H2,1-2H3,(H,20,22)(H,23,24). The highest BCUT2D eigenvalue weighted by Crippen LogP contribution is 2.34. The average Bonchev–Trinajstić information content (AvgIpc) is 2.93. The fourth-order valence-electron chi connectivity index (χ4n) is 2.95. The Balaban J connectivity index is 2.12. The second kappa shape index (κ2) is 6.82. The monoisotopic (exact) mass is 347 g/mol. The van der Waals surface area contributed by atoms with Crippen LogP contribution in [0, 0.1) is 5.92 Å². The van der Waals surface area contributed by atoms with Crippen LogP contribution in [0.2, 0.25) is 0 Å². The van der Waals surface area contributed by atoms with Crippen LogP contribution < -0.4 is 5.32 Å². The molecule has 9 heteroatoms. The molecule has 0 radical (unpaired) electrons. The van der Waals surface area contributed by atoms with Gasteiger partial charge in [-0.2, -0.15) is 18.3 Å². The molecule has 0 bridgehead atoms. The summed E-state index contributed by atoms with van der Waals surface area (Å²) in [5.74, 6) is -2.15. The predicted octanol–water partition coefficient (Wildman–Crippen LogP) is 2.86. The molecule has 1 aromatic rings. The van der Waals surface area contributed by atoms with Crippen LogP contribution in [0.15, 0.2) is 6.20 Å². The quantitative estimate of drug-likeness (QED) is 0.877. The van der Waals surface area contributed by atoms with E-state index in [1.165, 1.54) is 0 Å². The lowest BCUT2D eigenvalue weighted by Gasteiger charge is -2.26. The van der Waals surface area contributed by atoms with Crippen molar-refractivity contribution in [2.75, 3.05) is 0 Å². The van der Waals surface area contributed by atoms with E-state index in [1.54, 1.807) is 13.8 Å². The summed E-state index contributed by atoms with van der Waals surface area (Å²) in [5, 5.41) is 15.2. The van der Waals surface area contributed by atoms with Crippen molar-refractivity contribution in [3.05, 3.63) is 17.5 Å². The molecule has 1 amide bonds. The number of carbonyl (C=O) groups is 2. The molecule has 134 valence electrons. The number of aliphatic carboxylic acids is 1. The molecule has 0 aromatic carbocycles. The molecule has 0 saturated heterocycles. The number of amides is 1. The number of aromatic nitrogens is 2. The number of hydrogen-bond donors (Lipinski definition) is 2. The van der Waals surface area contributed by atoms with Gasteiger partial charge in [0.15, 0.2) is 5.69 Å². The van der Waals surface area contributed by atoms with E-state index in [4.69, 9.17) is 5.11 Å². The van der Waals surface area contributed by atoms with E-state index in [2.05, 4.69) is 10.4 Å². The van der Waals surface area contributed by atoms with Gasteiger partial charge >= 0.3 is 12.1 Å². The smallest absolute Gasteiger partial charge is 0.433 e. The molecule has 2 N–H and O–H groups in total. The van der Waals surface area contributed by atoms with Crippen molar-refractivity contribution in [1.29, 1.82) is 0 Å². The van der Waals surface area contributed by atoms with Crippen molar-refractivity contribution < 1.29 is 27.9 Å². The molecule has 1 fully saturated rings. The van der Waals surface area contributed by atoms with Crippen LogP contribution in [0.25, 0.3) is 0 Å². The number of halogens is 3. The Hall–Kier alpha value is -2.06. The summed E-state index contributed by atoms with van der Waals surface area (Å²) in [6.45, 7) is 3.11. The zero-order valence-corrected chi connectivity index (χ0v) is 13.4. The number of hydrogen-bond acceptors (Lipinski definition) is 3. The van der Waals surface area contributed by atoms with Gasteiger partial charge in [0, 0.05) is 12.1 Å². The lowest BCUT2D eigenvalue weighted by atomic mass is 9.86. The lowest BCUT2D eigenvalue weighted by molar-refractivity contribution is -0.145. The SMILES string of the molecule is CC(C)n1ncc(C(=O)NC2CCC(C(=O)O)CC2)c1C(F)(F)F. The highest BCUT2D eigenvalue weighted by Gasteiger charge is 2.41. The Morgan fingerprint density at radius 1 is 1.29 bits per heavy atom. The highest BCUT2D eigenvalue weighted by atomic mass is 19.4. The fourth-order valence-corrected chi connectivity index (χ4v) is 2.95. The first-order valence-electron chi connectivity index (χ1n) is 7.79. The van der Waals surface area contributed by atoms with Gasteiger partial charge in [-0.3, -0.25) is 14.3 Å². The van der Waals surface area contributed by atoms with Crippen molar-refractivity contribution in [3.8, 4) is 0 Å². The van der Waals surface area contributed by atoms with E-state index in [9.17, 15) is 22.8 Å². The van der Waals surface area contributed by atoms with Crippen molar-refractivity contribution >= 4 is 11.9 Å². The number of alkyl halides is 3. The average molecular weight is 347 g/mol. The largest absolute Gasteiger partial charge is 0.481 e.